The molecule has 1 rings (SSSR count). The SMILES string of the molecule is CCCC(CNC(=O)c1c[nH]c(=O)[nH]c1=O)C(=O)O. The maximum absolute atomic E-state index is 11.7. The molecule has 1 amide bonds. The minimum Gasteiger partial charge on any atom is -0.481 e. The summed E-state index contributed by atoms with van der Waals surface area (Å²) in [5.74, 6) is -2.42. The fourth-order valence-electron chi connectivity index (χ4n) is 1.55. The van der Waals surface area contributed by atoms with E-state index in [-0.39, 0.29) is 12.1 Å². The lowest BCUT2D eigenvalue weighted by Gasteiger charge is -2.11. The fraction of sp³-hybridized carbons (Fsp3) is 0.455. The molecule has 0 fully saturated rings. The summed E-state index contributed by atoms with van der Waals surface area (Å²) in [6, 6.07) is 0. The maximum atomic E-state index is 11.7. The van der Waals surface area contributed by atoms with Crippen molar-refractivity contribution in [1.29, 1.82) is 0 Å². The largest absolute Gasteiger partial charge is 0.481 e. The molecule has 0 aliphatic carbocycles. The van der Waals surface area contributed by atoms with Gasteiger partial charge in [0, 0.05) is 12.7 Å². The summed E-state index contributed by atoms with van der Waals surface area (Å²) < 4.78 is 0. The van der Waals surface area contributed by atoms with Gasteiger partial charge in [-0.1, -0.05) is 13.3 Å². The van der Waals surface area contributed by atoms with E-state index in [1.54, 1.807) is 0 Å². The third-order valence-corrected chi connectivity index (χ3v) is 2.56. The van der Waals surface area contributed by atoms with Crippen molar-refractivity contribution in [3.63, 3.8) is 0 Å². The van der Waals surface area contributed by atoms with Gasteiger partial charge in [-0.05, 0) is 6.42 Å². The lowest BCUT2D eigenvalue weighted by atomic mass is 10.0. The minimum atomic E-state index is -1.00. The highest BCUT2D eigenvalue weighted by Gasteiger charge is 2.18. The van der Waals surface area contributed by atoms with Crippen LogP contribution in [-0.4, -0.2) is 33.5 Å². The van der Waals surface area contributed by atoms with Gasteiger partial charge >= 0.3 is 11.7 Å². The zero-order valence-corrected chi connectivity index (χ0v) is 10.4. The first-order valence-electron chi connectivity index (χ1n) is 5.78. The van der Waals surface area contributed by atoms with E-state index in [1.807, 2.05) is 11.9 Å². The number of rotatable bonds is 6. The number of aromatic nitrogens is 2. The second-order valence-electron chi connectivity index (χ2n) is 4.02. The monoisotopic (exact) mass is 269 g/mol. The summed E-state index contributed by atoms with van der Waals surface area (Å²) in [5.41, 5.74) is -1.79. The Morgan fingerprint density at radius 1 is 1.42 bits per heavy atom. The lowest BCUT2D eigenvalue weighted by Crippen LogP contribution is -2.37. The highest BCUT2D eigenvalue weighted by atomic mass is 16.4. The van der Waals surface area contributed by atoms with E-state index in [2.05, 4.69) is 10.3 Å². The van der Waals surface area contributed by atoms with Gasteiger partial charge in [0.15, 0.2) is 0 Å². The van der Waals surface area contributed by atoms with Crippen molar-refractivity contribution in [3.8, 4) is 0 Å². The number of carbonyl (C=O) groups is 2. The molecule has 4 N–H and O–H groups in total. The molecule has 0 spiro atoms. The predicted molar refractivity (Wildman–Crippen MR) is 66.1 cm³/mol. The molecule has 1 aromatic rings. The Labute approximate surface area is 107 Å². The number of hydrogen-bond acceptors (Lipinski definition) is 4. The molecule has 1 unspecified atom stereocenters. The Kier molecular flexibility index (Phi) is 5.04. The van der Waals surface area contributed by atoms with Crippen LogP contribution in [0.5, 0.6) is 0 Å². The van der Waals surface area contributed by atoms with E-state index in [1.165, 1.54) is 0 Å². The molecule has 0 saturated carbocycles. The van der Waals surface area contributed by atoms with Crippen LogP contribution in [0.25, 0.3) is 0 Å². The average Bonchev–Trinajstić information content (AvgIpc) is 2.33. The number of carboxylic acids is 1. The molecule has 8 heteroatoms. The molecule has 0 aliphatic heterocycles. The normalized spacial score (nSPS) is 11.8. The molecule has 0 saturated heterocycles. The standard InChI is InChI=1S/C11H15N3O5/c1-2-3-6(10(17)18)4-12-8(15)7-5-13-11(19)14-9(7)16/h5-6H,2-4H2,1H3,(H,12,15)(H,17,18)(H2,13,14,16,19). The first-order valence-corrected chi connectivity index (χ1v) is 5.78. The van der Waals surface area contributed by atoms with Crippen LogP contribution in [0, 0.1) is 5.92 Å². The lowest BCUT2D eigenvalue weighted by molar-refractivity contribution is -0.141. The molecule has 0 aromatic carbocycles. The van der Waals surface area contributed by atoms with E-state index in [0.29, 0.717) is 12.8 Å². The molecule has 19 heavy (non-hydrogen) atoms. The number of H-pyrrole nitrogens is 2. The smallest absolute Gasteiger partial charge is 0.325 e. The Hall–Kier alpha value is -2.38. The van der Waals surface area contributed by atoms with Crippen molar-refractivity contribution >= 4 is 11.9 Å². The van der Waals surface area contributed by atoms with Crippen LogP contribution in [-0.2, 0) is 4.79 Å². The third kappa shape index (κ3) is 4.09. The Morgan fingerprint density at radius 2 is 2.11 bits per heavy atom. The summed E-state index contributed by atoms with van der Waals surface area (Å²) in [6.07, 6.45) is 2.09. The van der Waals surface area contributed by atoms with Gasteiger partial charge in [-0.25, -0.2) is 4.79 Å². The van der Waals surface area contributed by atoms with Gasteiger partial charge in [0.05, 0.1) is 5.92 Å². The highest BCUT2D eigenvalue weighted by molar-refractivity contribution is 5.93. The molecular weight excluding hydrogens is 254 g/mol. The molecule has 0 bridgehead atoms. The van der Waals surface area contributed by atoms with Crippen molar-refractivity contribution in [2.24, 2.45) is 5.92 Å². The molecule has 104 valence electrons. The summed E-state index contributed by atoms with van der Waals surface area (Å²) >= 11 is 0. The predicted octanol–water partition coefficient (Wildman–Crippen LogP) is -0.706. The van der Waals surface area contributed by atoms with Crippen LogP contribution in [0.2, 0.25) is 0 Å². The van der Waals surface area contributed by atoms with Crippen LogP contribution in [0.1, 0.15) is 30.1 Å². The van der Waals surface area contributed by atoms with Gasteiger partial charge in [-0.15, -0.1) is 0 Å². The quantitative estimate of drug-likeness (QED) is 0.541. The van der Waals surface area contributed by atoms with E-state index >= 15 is 0 Å². The zero-order valence-electron chi connectivity index (χ0n) is 10.4. The van der Waals surface area contributed by atoms with Crippen molar-refractivity contribution in [2.75, 3.05) is 6.54 Å². The second-order valence-corrected chi connectivity index (χ2v) is 4.02. The molecule has 0 radical (unpaired) electrons. The van der Waals surface area contributed by atoms with E-state index < -0.39 is 29.0 Å². The Morgan fingerprint density at radius 3 is 2.63 bits per heavy atom. The summed E-state index contributed by atoms with van der Waals surface area (Å²) in [5, 5.41) is 11.3. The van der Waals surface area contributed by atoms with Crippen LogP contribution in [0.3, 0.4) is 0 Å². The molecule has 1 heterocycles. The number of nitrogens with one attached hydrogen (secondary N) is 3. The second kappa shape index (κ2) is 6.53. The summed E-state index contributed by atoms with van der Waals surface area (Å²) in [6.45, 7) is 1.77. The molecular formula is C11H15N3O5. The van der Waals surface area contributed by atoms with Gasteiger partial charge in [-0.3, -0.25) is 19.4 Å². The van der Waals surface area contributed by atoms with Crippen LogP contribution in [0.4, 0.5) is 0 Å². The van der Waals surface area contributed by atoms with E-state index in [4.69, 9.17) is 5.11 Å². The number of aliphatic carboxylic acids is 1. The maximum Gasteiger partial charge on any atom is 0.325 e. The van der Waals surface area contributed by atoms with Crippen molar-refractivity contribution in [3.05, 3.63) is 32.6 Å². The fourth-order valence-corrected chi connectivity index (χ4v) is 1.55. The third-order valence-electron chi connectivity index (χ3n) is 2.56. The minimum absolute atomic E-state index is 0.0689. The van der Waals surface area contributed by atoms with Gasteiger partial charge in [0.25, 0.3) is 11.5 Å². The van der Waals surface area contributed by atoms with E-state index in [0.717, 1.165) is 6.20 Å². The number of hydrogen-bond donors (Lipinski definition) is 4. The van der Waals surface area contributed by atoms with Gasteiger partial charge < -0.3 is 15.4 Å². The summed E-state index contributed by atoms with van der Waals surface area (Å²) in [7, 11) is 0. The van der Waals surface area contributed by atoms with Crippen molar-refractivity contribution in [1.82, 2.24) is 15.3 Å². The Balaban J connectivity index is 2.72. The van der Waals surface area contributed by atoms with Gasteiger partial charge in [-0.2, -0.15) is 0 Å². The molecule has 1 aromatic heterocycles. The van der Waals surface area contributed by atoms with Gasteiger partial charge in [0.1, 0.15) is 5.56 Å². The first kappa shape index (κ1) is 14.7. The number of aromatic amines is 2. The van der Waals surface area contributed by atoms with E-state index in [9.17, 15) is 19.2 Å². The molecule has 1 atom stereocenters. The van der Waals surface area contributed by atoms with Crippen LogP contribution >= 0.6 is 0 Å². The zero-order chi connectivity index (χ0) is 14.4. The number of amides is 1. The van der Waals surface area contributed by atoms with Crippen LogP contribution in [0.15, 0.2) is 15.8 Å². The molecule has 8 nitrogen and oxygen atoms in total. The molecule has 0 aliphatic rings. The highest BCUT2D eigenvalue weighted by Crippen LogP contribution is 2.05. The van der Waals surface area contributed by atoms with Crippen LogP contribution < -0.4 is 16.6 Å². The van der Waals surface area contributed by atoms with Crippen molar-refractivity contribution in [2.45, 2.75) is 19.8 Å². The topological polar surface area (TPSA) is 132 Å². The van der Waals surface area contributed by atoms with Crippen molar-refractivity contribution < 1.29 is 14.7 Å². The Bertz CT molecular complexity index is 574. The van der Waals surface area contributed by atoms with Gasteiger partial charge in [0.2, 0.25) is 0 Å². The summed E-state index contributed by atoms with van der Waals surface area (Å²) in [4.78, 5) is 48.7. The number of carboxylic acid groups (broad SMARTS) is 1. The first-order chi connectivity index (χ1) is 8.95. The average molecular weight is 269 g/mol. The number of carbonyl (C=O) groups excluding carboxylic acids is 1.